The summed E-state index contributed by atoms with van der Waals surface area (Å²) in [4.78, 5) is 51.7. The normalized spacial score (nSPS) is 42.2. The Bertz CT molecular complexity index is 799. The average Bonchev–Trinajstić information content (AvgIpc) is 3.08. The highest BCUT2D eigenvalue weighted by Crippen LogP contribution is 2.65. The second kappa shape index (κ2) is 8.80. The van der Waals surface area contributed by atoms with Crippen LogP contribution < -0.4 is 0 Å². The largest absolute Gasteiger partial charge is 0.300 e. The Hall–Kier alpha value is -1.32. The third-order valence-corrected chi connectivity index (χ3v) is 10.3. The van der Waals surface area contributed by atoms with Crippen molar-refractivity contribution in [2.75, 3.05) is 0 Å². The van der Waals surface area contributed by atoms with Crippen LogP contribution in [0, 0.1) is 46.3 Å². The topological polar surface area (TPSA) is 68.3 Å². The lowest BCUT2D eigenvalue weighted by molar-refractivity contribution is -0.163. The third-order valence-electron chi connectivity index (χ3n) is 10.3. The molecule has 4 aliphatic carbocycles. The van der Waals surface area contributed by atoms with Gasteiger partial charge in [-0.15, -0.1) is 0 Å². The van der Waals surface area contributed by atoms with Crippen LogP contribution in [-0.2, 0) is 19.2 Å². The Morgan fingerprint density at radius 3 is 2.50 bits per heavy atom. The highest BCUT2D eigenvalue weighted by atomic mass is 16.1. The van der Waals surface area contributed by atoms with Crippen LogP contribution in [0.5, 0.6) is 0 Å². The SMILES string of the molecule is CCCCC(=O)CCC(C)C1CCC2C3C(=O)CC4(C)CC(=O)CCC4C3CC(=O)C12C. The van der Waals surface area contributed by atoms with Gasteiger partial charge in [-0.05, 0) is 67.1 Å². The minimum atomic E-state index is -0.430. The van der Waals surface area contributed by atoms with E-state index in [0.29, 0.717) is 67.7 Å². The summed E-state index contributed by atoms with van der Waals surface area (Å²) in [5, 5.41) is 0. The maximum Gasteiger partial charge on any atom is 0.139 e. The molecule has 4 saturated carbocycles. The summed E-state index contributed by atoms with van der Waals surface area (Å²) in [5.74, 6) is 2.49. The minimum absolute atomic E-state index is 0.00707. The molecule has 4 rings (SSSR count). The molecule has 0 aromatic heterocycles. The molecule has 0 bridgehead atoms. The van der Waals surface area contributed by atoms with E-state index in [1.54, 1.807) is 0 Å². The van der Waals surface area contributed by atoms with E-state index in [1.807, 2.05) is 0 Å². The molecule has 4 fully saturated rings. The predicted molar refractivity (Wildman–Crippen MR) is 124 cm³/mol. The lowest BCUT2D eigenvalue weighted by Gasteiger charge is -2.57. The summed E-state index contributed by atoms with van der Waals surface area (Å²) in [5.41, 5.74) is -0.674. The van der Waals surface area contributed by atoms with E-state index in [9.17, 15) is 19.2 Å². The first-order valence-electron chi connectivity index (χ1n) is 13.2. The zero-order valence-electron chi connectivity index (χ0n) is 20.6. The van der Waals surface area contributed by atoms with E-state index in [0.717, 1.165) is 38.5 Å². The van der Waals surface area contributed by atoms with Crippen molar-refractivity contribution in [2.24, 2.45) is 46.3 Å². The van der Waals surface area contributed by atoms with Gasteiger partial charge in [0.15, 0.2) is 0 Å². The van der Waals surface area contributed by atoms with E-state index in [1.165, 1.54) is 0 Å². The van der Waals surface area contributed by atoms with Gasteiger partial charge in [-0.2, -0.15) is 0 Å². The average molecular weight is 443 g/mol. The van der Waals surface area contributed by atoms with Crippen molar-refractivity contribution >= 4 is 23.1 Å². The highest BCUT2D eigenvalue weighted by Gasteiger charge is 2.65. The number of unbranched alkanes of at least 4 members (excludes halogenated alkanes) is 1. The number of ketones is 4. The molecule has 4 heteroatoms. The van der Waals surface area contributed by atoms with Crippen LogP contribution in [-0.4, -0.2) is 23.1 Å². The van der Waals surface area contributed by atoms with Gasteiger partial charge in [-0.3, -0.25) is 19.2 Å². The Morgan fingerprint density at radius 1 is 1.03 bits per heavy atom. The number of carbonyl (C=O) groups is 4. The number of rotatable bonds is 7. The van der Waals surface area contributed by atoms with Gasteiger partial charge in [0, 0.05) is 49.9 Å². The van der Waals surface area contributed by atoms with Crippen LogP contribution in [0.4, 0.5) is 0 Å². The van der Waals surface area contributed by atoms with Crippen molar-refractivity contribution in [3.8, 4) is 0 Å². The summed E-state index contributed by atoms with van der Waals surface area (Å²) in [6, 6.07) is 0. The molecule has 4 aliphatic rings. The molecule has 32 heavy (non-hydrogen) atoms. The van der Waals surface area contributed by atoms with Crippen LogP contribution in [0.3, 0.4) is 0 Å². The second-order valence-corrected chi connectivity index (χ2v) is 12.2. The molecule has 0 radical (unpaired) electrons. The molecule has 0 N–H and O–H groups in total. The van der Waals surface area contributed by atoms with Gasteiger partial charge in [0.1, 0.15) is 23.1 Å². The molecule has 0 aromatic carbocycles. The maximum atomic E-state index is 13.8. The molecule has 8 atom stereocenters. The van der Waals surface area contributed by atoms with Crippen LogP contribution in [0.15, 0.2) is 0 Å². The molecule has 4 nitrogen and oxygen atoms in total. The van der Waals surface area contributed by atoms with Crippen molar-refractivity contribution in [1.29, 1.82) is 0 Å². The fraction of sp³-hybridized carbons (Fsp3) is 0.857. The van der Waals surface area contributed by atoms with Crippen molar-refractivity contribution in [3.63, 3.8) is 0 Å². The maximum absolute atomic E-state index is 13.8. The Morgan fingerprint density at radius 2 is 1.78 bits per heavy atom. The van der Waals surface area contributed by atoms with Gasteiger partial charge in [-0.25, -0.2) is 0 Å². The number of carbonyl (C=O) groups excluding carboxylic acids is 4. The smallest absolute Gasteiger partial charge is 0.139 e. The van der Waals surface area contributed by atoms with E-state index in [4.69, 9.17) is 0 Å². The van der Waals surface area contributed by atoms with Crippen LogP contribution in [0.25, 0.3) is 0 Å². The van der Waals surface area contributed by atoms with E-state index < -0.39 is 5.41 Å². The third kappa shape index (κ3) is 3.84. The summed E-state index contributed by atoms with van der Waals surface area (Å²) in [7, 11) is 0. The molecular weight excluding hydrogens is 400 g/mol. The van der Waals surface area contributed by atoms with Crippen molar-refractivity contribution in [1.82, 2.24) is 0 Å². The zero-order chi connectivity index (χ0) is 23.3. The van der Waals surface area contributed by atoms with Gasteiger partial charge in [-0.1, -0.05) is 34.1 Å². The number of fused-ring (bicyclic) bond motifs is 5. The first-order valence-corrected chi connectivity index (χ1v) is 13.2. The van der Waals surface area contributed by atoms with Gasteiger partial charge in [0.2, 0.25) is 0 Å². The molecular formula is C28H42O4. The number of hydrogen-bond donors (Lipinski definition) is 0. The van der Waals surface area contributed by atoms with Gasteiger partial charge in [0.05, 0.1) is 0 Å². The van der Waals surface area contributed by atoms with Crippen molar-refractivity contribution < 1.29 is 19.2 Å². The molecule has 0 heterocycles. The van der Waals surface area contributed by atoms with Crippen molar-refractivity contribution in [3.05, 3.63) is 0 Å². The first-order chi connectivity index (χ1) is 15.1. The molecule has 8 unspecified atom stereocenters. The summed E-state index contributed by atoms with van der Waals surface area (Å²) in [6.45, 7) is 8.60. The summed E-state index contributed by atoms with van der Waals surface area (Å²) >= 11 is 0. The van der Waals surface area contributed by atoms with Crippen LogP contribution in [0.2, 0.25) is 0 Å². The lowest BCUT2D eigenvalue weighted by atomic mass is 9.45. The second-order valence-electron chi connectivity index (χ2n) is 12.2. The number of hydrogen-bond acceptors (Lipinski definition) is 4. The Kier molecular flexibility index (Phi) is 6.55. The van der Waals surface area contributed by atoms with E-state index in [2.05, 4.69) is 27.7 Å². The molecule has 0 saturated heterocycles. The number of Topliss-reactive ketones (excluding diaryl/α,β-unsaturated/α-hetero) is 4. The highest BCUT2D eigenvalue weighted by molar-refractivity contribution is 5.93. The molecule has 0 aromatic rings. The first kappa shape index (κ1) is 23.8. The van der Waals surface area contributed by atoms with Crippen LogP contribution in [0.1, 0.15) is 105 Å². The standard InChI is InChI=1S/C28H42O4/c1-5-6-7-18(29)9-8-17(2)21-12-13-23-26-20(14-25(32)28(21,23)4)22-11-10-19(30)15-27(22,3)16-24(26)31/h17,20-23,26H,5-16H2,1-4H3. The Labute approximate surface area is 193 Å². The minimum Gasteiger partial charge on any atom is -0.300 e. The van der Waals surface area contributed by atoms with Crippen LogP contribution >= 0.6 is 0 Å². The summed E-state index contributed by atoms with van der Waals surface area (Å²) < 4.78 is 0. The molecule has 178 valence electrons. The van der Waals surface area contributed by atoms with Gasteiger partial charge in [0.25, 0.3) is 0 Å². The fourth-order valence-electron chi connectivity index (χ4n) is 8.65. The van der Waals surface area contributed by atoms with Crippen molar-refractivity contribution in [2.45, 2.75) is 105 Å². The quantitative estimate of drug-likeness (QED) is 0.503. The zero-order valence-corrected chi connectivity index (χ0v) is 20.6. The monoisotopic (exact) mass is 442 g/mol. The van der Waals surface area contributed by atoms with Gasteiger partial charge >= 0.3 is 0 Å². The Balaban J connectivity index is 1.52. The summed E-state index contributed by atoms with van der Waals surface area (Å²) in [6.07, 6.45) is 9.09. The fourth-order valence-corrected chi connectivity index (χ4v) is 8.65. The molecule has 0 spiro atoms. The lowest BCUT2D eigenvalue weighted by Crippen LogP contribution is -2.59. The van der Waals surface area contributed by atoms with Gasteiger partial charge < -0.3 is 0 Å². The molecule has 0 amide bonds. The predicted octanol–water partition coefficient (Wildman–Crippen LogP) is 5.75. The van der Waals surface area contributed by atoms with E-state index >= 15 is 0 Å². The van der Waals surface area contributed by atoms with E-state index in [-0.39, 0.29) is 34.9 Å². The molecule has 0 aliphatic heterocycles.